The number of guanidine groups is 1. The summed E-state index contributed by atoms with van der Waals surface area (Å²) in [5, 5.41) is 3.18. The Morgan fingerprint density at radius 1 is 1.33 bits per heavy atom. The highest BCUT2D eigenvalue weighted by atomic mass is 127. The molecule has 6 heteroatoms. The van der Waals surface area contributed by atoms with Crippen LogP contribution in [-0.4, -0.2) is 62.1 Å². The Labute approximate surface area is 163 Å². The minimum atomic E-state index is 0. The number of nitrogens with one attached hydrogen (secondary N) is 1. The van der Waals surface area contributed by atoms with Gasteiger partial charge >= 0.3 is 0 Å². The normalized spacial score (nSPS) is 16.9. The van der Waals surface area contributed by atoms with Gasteiger partial charge in [0, 0.05) is 18.3 Å². The van der Waals surface area contributed by atoms with E-state index in [4.69, 9.17) is 5.73 Å². The maximum absolute atomic E-state index is 5.99. The van der Waals surface area contributed by atoms with Crippen LogP contribution in [0.1, 0.15) is 25.3 Å². The Hall–Kier alpha value is -0.860. The number of aryl methyl sites for hydroxylation is 1. The molecule has 1 heterocycles. The zero-order valence-electron chi connectivity index (χ0n) is 15.2. The SMILES string of the molecule is CCc1cccc(NC(N)=NCCN2CCC(N(C)C)CC2)c1.I. The maximum atomic E-state index is 5.99. The summed E-state index contributed by atoms with van der Waals surface area (Å²) >= 11 is 0. The van der Waals surface area contributed by atoms with E-state index in [1.807, 2.05) is 12.1 Å². The first-order valence-electron chi connectivity index (χ1n) is 8.63. The van der Waals surface area contributed by atoms with Gasteiger partial charge in [0.15, 0.2) is 5.96 Å². The van der Waals surface area contributed by atoms with Crippen LogP contribution < -0.4 is 11.1 Å². The Bertz CT molecular complexity index is 510. The zero-order chi connectivity index (χ0) is 16.7. The topological polar surface area (TPSA) is 56.9 Å². The van der Waals surface area contributed by atoms with E-state index in [0.717, 1.165) is 44.3 Å². The minimum Gasteiger partial charge on any atom is -0.370 e. The molecule has 0 radical (unpaired) electrons. The summed E-state index contributed by atoms with van der Waals surface area (Å²) < 4.78 is 0. The van der Waals surface area contributed by atoms with Crippen LogP contribution in [-0.2, 0) is 6.42 Å². The van der Waals surface area contributed by atoms with Crippen LogP contribution in [0.15, 0.2) is 29.3 Å². The van der Waals surface area contributed by atoms with Gasteiger partial charge in [-0.3, -0.25) is 4.99 Å². The van der Waals surface area contributed by atoms with E-state index in [1.54, 1.807) is 0 Å². The van der Waals surface area contributed by atoms with Crippen molar-refractivity contribution >= 4 is 35.6 Å². The fourth-order valence-electron chi connectivity index (χ4n) is 3.03. The third kappa shape index (κ3) is 6.94. The molecule has 1 fully saturated rings. The van der Waals surface area contributed by atoms with E-state index in [9.17, 15) is 0 Å². The standard InChI is InChI=1S/C18H31N5.HI/c1-4-15-6-5-7-16(14-15)21-18(19)20-10-13-23-11-8-17(9-12-23)22(2)3;/h5-7,14,17H,4,8-13H2,1-3H3,(H3,19,20,21);1H. The molecule has 0 unspecified atom stereocenters. The molecule has 1 aliphatic heterocycles. The molecule has 0 amide bonds. The van der Waals surface area contributed by atoms with Gasteiger partial charge < -0.3 is 20.9 Å². The quantitative estimate of drug-likeness (QED) is 0.402. The van der Waals surface area contributed by atoms with Crippen LogP contribution in [0.25, 0.3) is 0 Å². The van der Waals surface area contributed by atoms with Crippen molar-refractivity contribution in [2.75, 3.05) is 45.6 Å². The van der Waals surface area contributed by atoms with Gasteiger partial charge in [-0.05, 0) is 64.1 Å². The van der Waals surface area contributed by atoms with E-state index in [1.165, 1.54) is 18.4 Å². The molecule has 1 saturated heterocycles. The largest absolute Gasteiger partial charge is 0.370 e. The Kier molecular flexibility index (Phi) is 9.61. The first-order valence-corrected chi connectivity index (χ1v) is 8.63. The number of hydrogen-bond donors (Lipinski definition) is 2. The highest BCUT2D eigenvalue weighted by Crippen LogP contribution is 2.13. The molecule has 0 aliphatic carbocycles. The number of piperidine rings is 1. The summed E-state index contributed by atoms with van der Waals surface area (Å²) in [5.41, 5.74) is 8.30. The second kappa shape index (κ2) is 10.9. The second-order valence-electron chi connectivity index (χ2n) is 6.48. The number of hydrogen-bond acceptors (Lipinski definition) is 3. The van der Waals surface area contributed by atoms with Gasteiger partial charge in [0.1, 0.15) is 0 Å². The molecule has 5 nitrogen and oxygen atoms in total. The predicted octanol–water partition coefficient (Wildman–Crippen LogP) is 2.62. The Balaban J connectivity index is 0.00000288. The van der Waals surface area contributed by atoms with E-state index in [-0.39, 0.29) is 24.0 Å². The van der Waals surface area contributed by atoms with Gasteiger partial charge in [0.25, 0.3) is 0 Å². The number of halogens is 1. The smallest absolute Gasteiger partial charge is 0.193 e. The van der Waals surface area contributed by atoms with E-state index < -0.39 is 0 Å². The maximum Gasteiger partial charge on any atom is 0.193 e. The van der Waals surface area contributed by atoms with E-state index in [2.05, 4.69) is 53.3 Å². The number of rotatable bonds is 6. The molecule has 0 bridgehead atoms. The Morgan fingerprint density at radius 2 is 2.04 bits per heavy atom. The monoisotopic (exact) mass is 445 g/mol. The molecule has 2 rings (SSSR count). The lowest BCUT2D eigenvalue weighted by atomic mass is 10.0. The van der Waals surface area contributed by atoms with Crippen LogP contribution in [0.5, 0.6) is 0 Å². The van der Waals surface area contributed by atoms with Crippen molar-refractivity contribution in [1.82, 2.24) is 9.80 Å². The summed E-state index contributed by atoms with van der Waals surface area (Å²) in [7, 11) is 4.34. The molecule has 24 heavy (non-hydrogen) atoms. The number of likely N-dealkylation sites (tertiary alicyclic amines) is 1. The number of nitrogens with two attached hydrogens (primary N) is 1. The number of aliphatic imine (C=N–C) groups is 1. The number of nitrogens with zero attached hydrogens (tertiary/aromatic N) is 3. The van der Waals surface area contributed by atoms with Gasteiger partial charge in [-0.2, -0.15) is 0 Å². The molecular weight excluding hydrogens is 413 g/mol. The minimum absolute atomic E-state index is 0. The predicted molar refractivity (Wildman–Crippen MR) is 114 cm³/mol. The molecule has 1 aromatic rings. The molecule has 0 spiro atoms. The van der Waals surface area contributed by atoms with Crippen molar-refractivity contribution in [3.63, 3.8) is 0 Å². The summed E-state index contributed by atoms with van der Waals surface area (Å²) in [6.45, 7) is 6.20. The molecule has 1 aliphatic rings. The van der Waals surface area contributed by atoms with E-state index in [0.29, 0.717) is 5.96 Å². The number of benzene rings is 1. The molecule has 3 N–H and O–H groups in total. The second-order valence-corrected chi connectivity index (χ2v) is 6.48. The van der Waals surface area contributed by atoms with Gasteiger partial charge in [-0.1, -0.05) is 19.1 Å². The lowest BCUT2D eigenvalue weighted by Crippen LogP contribution is -2.42. The summed E-state index contributed by atoms with van der Waals surface area (Å²) in [5.74, 6) is 0.501. The zero-order valence-corrected chi connectivity index (χ0v) is 17.5. The average Bonchev–Trinajstić information content (AvgIpc) is 2.55. The van der Waals surface area contributed by atoms with Gasteiger partial charge in [-0.15, -0.1) is 24.0 Å². The fourth-order valence-corrected chi connectivity index (χ4v) is 3.03. The molecule has 0 atom stereocenters. The summed E-state index contributed by atoms with van der Waals surface area (Å²) in [6.07, 6.45) is 3.51. The van der Waals surface area contributed by atoms with Crippen molar-refractivity contribution in [3.8, 4) is 0 Å². The highest BCUT2D eigenvalue weighted by molar-refractivity contribution is 14.0. The fraction of sp³-hybridized carbons (Fsp3) is 0.611. The van der Waals surface area contributed by atoms with Gasteiger partial charge in [-0.25, -0.2) is 0 Å². The van der Waals surface area contributed by atoms with Crippen LogP contribution >= 0.6 is 24.0 Å². The summed E-state index contributed by atoms with van der Waals surface area (Å²) in [6, 6.07) is 9.04. The van der Waals surface area contributed by atoms with Crippen molar-refractivity contribution < 1.29 is 0 Å². The van der Waals surface area contributed by atoms with Crippen molar-refractivity contribution in [1.29, 1.82) is 0 Å². The highest BCUT2D eigenvalue weighted by Gasteiger charge is 2.19. The third-order valence-electron chi connectivity index (χ3n) is 4.59. The number of anilines is 1. The van der Waals surface area contributed by atoms with Crippen molar-refractivity contribution in [2.45, 2.75) is 32.2 Å². The van der Waals surface area contributed by atoms with E-state index >= 15 is 0 Å². The molecule has 136 valence electrons. The lowest BCUT2D eigenvalue weighted by Gasteiger charge is -2.34. The van der Waals surface area contributed by atoms with Crippen LogP contribution in [0.2, 0.25) is 0 Å². The van der Waals surface area contributed by atoms with Gasteiger partial charge in [0.2, 0.25) is 0 Å². The molecule has 0 saturated carbocycles. The first-order chi connectivity index (χ1) is 11.1. The summed E-state index contributed by atoms with van der Waals surface area (Å²) in [4.78, 5) is 9.27. The van der Waals surface area contributed by atoms with Gasteiger partial charge in [0.05, 0.1) is 6.54 Å². The van der Waals surface area contributed by atoms with Crippen molar-refractivity contribution in [2.24, 2.45) is 10.7 Å². The van der Waals surface area contributed by atoms with Crippen LogP contribution in [0, 0.1) is 0 Å². The van der Waals surface area contributed by atoms with Crippen molar-refractivity contribution in [3.05, 3.63) is 29.8 Å². The average molecular weight is 445 g/mol. The first kappa shape index (κ1) is 21.2. The molecule has 1 aromatic carbocycles. The molecular formula is C18H32IN5. The lowest BCUT2D eigenvalue weighted by molar-refractivity contribution is 0.148. The van der Waals surface area contributed by atoms with Crippen LogP contribution in [0.3, 0.4) is 0 Å². The Morgan fingerprint density at radius 3 is 2.67 bits per heavy atom. The third-order valence-corrected chi connectivity index (χ3v) is 4.59. The van der Waals surface area contributed by atoms with Crippen LogP contribution in [0.4, 0.5) is 5.69 Å². The molecule has 0 aromatic heterocycles.